The van der Waals surface area contributed by atoms with Gasteiger partial charge in [0.05, 0.1) is 28.8 Å². The lowest BCUT2D eigenvalue weighted by atomic mass is 9.90. The molecule has 0 fully saturated rings. The molecule has 2 aromatic carbocycles. The van der Waals surface area contributed by atoms with Crippen LogP contribution >= 0.6 is 0 Å². The van der Waals surface area contributed by atoms with Crippen molar-refractivity contribution in [3.8, 4) is 0 Å². The number of hydrazone groups is 1. The average molecular weight is 418 g/mol. The van der Waals surface area contributed by atoms with E-state index < -0.39 is 41.7 Å². The zero-order valence-electron chi connectivity index (χ0n) is 14.9. The Morgan fingerprint density at radius 2 is 1.31 bits per heavy atom. The molecule has 0 radical (unpaired) electrons. The molecule has 29 heavy (non-hydrogen) atoms. The van der Waals surface area contributed by atoms with Crippen LogP contribution in [0.25, 0.3) is 0 Å². The maximum Gasteiger partial charge on any atom is 0.416 e. The second-order valence-corrected chi connectivity index (χ2v) is 6.63. The fourth-order valence-electron chi connectivity index (χ4n) is 3.15. The van der Waals surface area contributed by atoms with Crippen molar-refractivity contribution >= 4 is 11.4 Å². The number of rotatable bonds is 3. The Balaban J connectivity index is 1.81. The van der Waals surface area contributed by atoms with Crippen LogP contribution in [0.15, 0.2) is 53.6 Å². The van der Waals surface area contributed by atoms with E-state index in [4.69, 9.17) is 0 Å². The lowest BCUT2D eigenvalue weighted by molar-refractivity contribution is -0.138. The van der Waals surface area contributed by atoms with Crippen LogP contribution in [0.4, 0.5) is 32.0 Å². The third kappa shape index (κ3) is 4.23. The number of aliphatic hydroxyl groups excluding tert-OH is 2. The fourth-order valence-corrected chi connectivity index (χ4v) is 3.15. The number of nitrogens with zero attached hydrogens (tertiary/aromatic N) is 2. The normalized spacial score (nSPS) is 21.3. The largest absolute Gasteiger partial charge is 0.416 e. The first-order valence-electron chi connectivity index (χ1n) is 8.44. The van der Waals surface area contributed by atoms with Gasteiger partial charge in [0.1, 0.15) is 0 Å². The Hall–Kier alpha value is -2.59. The second kappa shape index (κ2) is 7.34. The summed E-state index contributed by atoms with van der Waals surface area (Å²) in [6.07, 6.45) is -11.8. The Labute approximate surface area is 161 Å². The number of alkyl halides is 6. The highest BCUT2D eigenvalue weighted by Crippen LogP contribution is 2.37. The third-order valence-corrected chi connectivity index (χ3v) is 4.70. The molecule has 10 heteroatoms. The van der Waals surface area contributed by atoms with Crippen LogP contribution in [-0.4, -0.2) is 22.2 Å². The molecule has 1 aliphatic heterocycles. The van der Waals surface area contributed by atoms with Crippen LogP contribution in [0.3, 0.4) is 0 Å². The van der Waals surface area contributed by atoms with Crippen molar-refractivity contribution < 1.29 is 36.6 Å². The summed E-state index contributed by atoms with van der Waals surface area (Å²) in [6, 6.07) is 7.80. The molecule has 3 atom stereocenters. The number of halogens is 6. The molecule has 0 aromatic heterocycles. The summed E-state index contributed by atoms with van der Waals surface area (Å²) in [5.74, 6) is -0.978. The molecule has 156 valence electrons. The first-order chi connectivity index (χ1) is 13.4. The summed E-state index contributed by atoms with van der Waals surface area (Å²) in [6.45, 7) is 1.51. The van der Waals surface area contributed by atoms with E-state index in [1.807, 2.05) is 0 Å². The van der Waals surface area contributed by atoms with Gasteiger partial charge in [-0.3, -0.25) is 0 Å². The summed E-state index contributed by atoms with van der Waals surface area (Å²) in [4.78, 5) is 0. The van der Waals surface area contributed by atoms with Crippen molar-refractivity contribution in [2.45, 2.75) is 31.6 Å². The smallest absolute Gasteiger partial charge is 0.388 e. The first-order valence-corrected chi connectivity index (χ1v) is 8.44. The van der Waals surface area contributed by atoms with Crippen LogP contribution in [0.1, 0.15) is 29.7 Å². The molecule has 0 spiro atoms. The molecule has 4 nitrogen and oxygen atoms in total. The van der Waals surface area contributed by atoms with E-state index in [2.05, 4.69) is 5.10 Å². The summed E-state index contributed by atoms with van der Waals surface area (Å²) in [5, 5.41) is 26.3. The van der Waals surface area contributed by atoms with Gasteiger partial charge in [-0.15, -0.1) is 0 Å². The van der Waals surface area contributed by atoms with E-state index in [9.17, 15) is 36.6 Å². The Bertz CT molecular complexity index is 891. The molecule has 2 aromatic rings. The second-order valence-electron chi connectivity index (χ2n) is 6.63. The topological polar surface area (TPSA) is 56.1 Å². The summed E-state index contributed by atoms with van der Waals surface area (Å²) in [5.41, 5.74) is -1.14. The van der Waals surface area contributed by atoms with Gasteiger partial charge in [0.15, 0.2) is 6.23 Å². The fraction of sp³-hybridized carbons (Fsp3) is 0.316. The van der Waals surface area contributed by atoms with E-state index in [1.54, 1.807) is 0 Å². The van der Waals surface area contributed by atoms with Gasteiger partial charge >= 0.3 is 12.4 Å². The van der Waals surface area contributed by atoms with Gasteiger partial charge in [-0.2, -0.15) is 31.4 Å². The van der Waals surface area contributed by atoms with Crippen LogP contribution in [-0.2, 0) is 12.4 Å². The minimum Gasteiger partial charge on any atom is -0.388 e. The maximum atomic E-state index is 12.7. The summed E-state index contributed by atoms with van der Waals surface area (Å²) >= 11 is 0. The number of anilines is 1. The molecular formula is C19H16F6N2O2. The quantitative estimate of drug-likeness (QED) is 0.717. The highest BCUT2D eigenvalue weighted by Gasteiger charge is 2.40. The van der Waals surface area contributed by atoms with Gasteiger partial charge in [-0.25, -0.2) is 5.01 Å². The molecule has 0 amide bonds. The minimum atomic E-state index is -4.52. The SMILES string of the molecule is CC1=NN(c2ccc(C(F)(F)F)cc2)C(O)C1C(O)c1ccc(C(F)(F)F)cc1. The van der Waals surface area contributed by atoms with Crippen molar-refractivity contribution in [1.29, 1.82) is 0 Å². The standard InChI is InChI=1S/C19H16F6N2O2/c1-10-15(16(28)11-2-4-12(5-3-11)18(20,21)22)17(29)27(26-10)14-8-6-13(7-9-14)19(23,24)25/h2-9,15-17,28-29H,1H3. The Morgan fingerprint density at radius 3 is 1.76 bits per heavy atom. The molecule has 0 saturated heterocycles. The van der Waals surface area contributed by atoms with Crippen molar-refractivity contribution in [3.63, 3.8) is 0 Å². The number of hydrogen-bond donors (Lipinski definition) is 2. The highest BCUT2D eigenvalue weighted by molar-refractivity contribution is 5.89. The lowest BCUT2D eigenvalue weighted by Crippen LogP contribution is -2.36. The number of hydrogen-bond acceptors (Lipinski definition) is 4. The van der Waals surface area contributed by atoms with Crippen molar-refractivity contribution in [2.75, 3.05) is 5.01 Å². The van der Waals surface area contributed by atoms with Crippen molar-refractivity contribution in [1.82, 2.24) is 0 Å². The van der Waals surface area contributed by atoms with Crippen LogP contribution in [0, 0.1) is 5.92 Å². The van der Waals surface area contributed by atoms with E-state index in [0.29, 0.717) is 0 Å². The number of benzene rings is 2. The monoisotopic (exact) mass is 418 g/mol. The summed E-state index contributed by atoms with van der Waals surface area (Å²) < 4.78 is 76.2. The molecule has 3 unspecified atom stereocenters. The Kier molecular flexibility index (Phi) is 5.35. The molecule has 2 N–H and O–H groups in total. The molecule has 0 bridgehead atoms. The van der Waals surface area contributed by atoms with Gasteiger partial charge in [-0.05, 0) is 48.9 Å². The van der Waals surface area contributed by atoms with Crippen LogP contribution in [0.5, 0.6) is 0 Å². The van der Waals surface area contributed by atoms with Gasteiger partial charge in [-0.1, -0.05) is 12.1 Å². The summed E-state index contributed by atoms with van der Waals surface area (Å²) in [7, 11) is 0. The minimum absolute atomic E-state index is 0.144. The van der Waals surface area contributed by atoms with Gasteiger partial charge < -0.3 is 10.2 Å². The van der Waals surface area contributed by atoms with Crippen molar-refractivity contribution in [3.05, 3.63) is 65.2 Å². The first kappa shape index (κ1) is 21.1. The number of aliphatic hydroxyl groups is 2. The third-order valence-electron chi connectivity index (χ3n) is 4.70. The van der Waals surface area contributed by atoms with Gasteiger partial charge in [0, 0.05) is 5.71 Å². The predicted octanol–water partition coefficient (Wildman–Crippen LogP) is 4.59. The van der Waals surface area contributed by atoms with E-state index in [1.165, 1.54) is 6.92 Å². The van der Waals surface area contributed by atoms with Gasteiger partial charge in [0.2, 0.25) is 0 Å². The molecule has 1 aliphatic rings. The highest BCUT2D eigenvalue weighted by atomic mass is 19.4. The Morgan fingerprint density at radius 1 is 0.862 bits per heavy atom. The zero-order chi connectivity index (χ0) is 21.6. The van der Waals surface area contributed by atoms with Crippen LogP contribution < -0.4 is 5.01 Å². The van der Waals surface area contributed by atoms with Gasteiger partial charge in [0.25, 0.3) is 0 Å². The van der Waals surface area contributed by atoms with E-state index >= 15 is 0 Å². The molecule has 0 aliphatic carbocycles. The molecule has 0 saturated carbocycles. The average Bonchev–Trinajstić information content (AvgIpc) is 2.94. The van der Waals surface area contributed by atoms with Crippen LogP contribution in [0.2, 0.25) is 0 Å². The zero-order valence-corrected chi connectivity index (χ0v) is 14.9. The molecule has 1 heterocycles. The van der Waals surface area contributed by atoms with Crippen molar-refractivity contribution in [2.24, 2.45) is 11.0 Å². The molecular weight excluding hydrogens is 402 g/mol. The lowest BCUT2D eigenvalue weighted by Gasteiger charge is -2.26. The predicted molar refractivity (Wildman–Crippen MR) is 92.9 cm³/mol. The van der Waals surface area contributed by atoms with E-state index in [-0.39, 0.29) is 17.0 Å². The maximum absolute atomic E-state index is 12.7. The molecule has 3 rings (SSSR count). The van der Waals surface area contributed by atoms with E-state index in [0.717, 1.165) is 53.5 Å².